The quantitative estimate of drug-likeness (QED) is 0.367. The van der Waals surface area contributed by atoms with Gasteiger partial charge in [0.25, 0.3) is 0 Å². The van der Waals surface area contributed by atoms with Crippen LogP contribution < -0.4 is 4.74 Å². The van der Waals surface area contributed by atoms with E-state index in [9.17, 15) is 4.79 Å². The lowest BCUT2D eigenvalue weighted by atomic mass is 10.1. The number of carbonyl (C=O) groups is 1. The van der Waals surface area contributed by atoms with Crippen LogP contribution in [-0.4, -0.2) is 35.0 Å². The van der Waals surface area contributed by atoms with Gasteiger partial charge in [0, 0.05) is 11.8 Å². The normalized spacial score (nSPS) is 11.0. The molecule has 7 heteroatoms. The van der Waals surface area contributed by atoms with Crippen molar-refractivity contribution in [2.75, 3.05) is 13.2 Å². The minimum atomic E-state index is -1.16. The first-order chi connectivity index (χ1) is 10.7. The first-order valence-electron chi connectivity index (χ1n) is 6.40. The van der Waals surface area contributed by atoms with E-state index >= 15 is 0 Å². The third kappa shape index (κ3) is 4.46. The summed E-state index contributed by atoms with van der Waals surface area (Å²) in [6.45, 7) is 0.242. The number of rotatable bonds is 7. The molecule has 1 heterocycles. The molecule has 1 aromatic carbocycles. The molecular weight excluding hydrogens is 308 g/mol. The highest BCUT2D eigenvalue weighted by atomic mass is 35.5. The average Bonchev–Trinajstić information content (AvgIpc) is 2.53. The summed E-state index contributed by atoms with van der Waals surface area (Å²) in [5.74, 6) is -0.735. The molecule has 22 heavy (non-hydrogen) atoms. The van der Waals surface area contributed by atoms with E-state index in [1.165, 1.54) is 0 Å². The Labute approximate surface area is 132 Å². The van der Waals surface area contributed by atoms with Crippen molar-refractivity contribution in [3.05, 3.63) is 59.4 Å². The Morgan fingerprint density at radius 1 is 1.18 bits per heavy atom. The highest BCUT2D eigenvalue weighted by Gasteiger charge is 2.12. The molecule has 0 saturated heterocycles. The van der Waals surface area contributed by atoms with Crippen molar-refractivity contribution in [3.8, 4) is 5.75 Å². The maximum atomic E-state index is 11.2. The molecule has 2 rings (SSSR count). The van der Waals surface area contributed by atoms with Gasteiger partial charge in [-0.1, -0.05) is 47.1 Å². The fourth-order valence-corrected chi connectivity index (χ4v) is 1.76. The second kappa shape index (κ2) is 7.99. The van der Waals surface area contributed by atoms with Crippen molar-refractivity contribution in [2.45, 2.75) is 0 Å². The highest BCUT2D eigenvalue weighted by molar-refractivity contribution is 6.42. The number of halogens is 1. The smallest absolute Gasteiger partial charge is 0.358 e. The number of hydrogen-bond donors (Lipinski definition) is 1. The van der Waals surface area contributed by atoms with Gasteiger partial charge in [-0.15, -0.1) is 0 Å². The second-order valence-electron chi connectivity index (χ2n) is 4.09. The molecular formula is C15H13ClN2O4. The lowest BCUT2D eigenvalue weighted by Gasteiger charge is -2.06. The fourth-order valence-electron chi connectivity index (χ4n) is 1.59. The minimum Gasteiger partial charge on any atom is -0.487 e. The summed E-state index contributed by atoms with van der Waals surface area (Å²) in [5.41, 5.74) is 0.297. The lowest BCUT2D eigenvalue weighted by molar-refractivity contribution is -0.129. The summed E-state index contributed by atoms with van der Waals surface area (Å²) in [6, 6.07) is 11.9. The first-order valence-corrected chi connectivity index (χ1v) is 6.78. The summed E-state index contributed by atoms with van der Waals surface area (Å²) in [6.07, 6.45) is 1.55. The molecule has 0 radical (unpaired) electrons. The molecule has 0 bridgehead atoms. The largest absolute Gasteiger partial charge is 0.487 e. The molecule has 0 aliphatic rings. The average molecular weight is 321 g/mol. The van der Waals surface area contributed by atoms with Gasteiger partial charge in [-0.3, -0.25) is 0 Å². The van der Waals surface area contributed by atoms with Crippen LogP contribution in [0.2, 0.25) is 5.15 Å². The van der Waals surface area contributed by atoms with E-state index in [-0.39, 0.29) is 24.1 Å². The van der Waals surface area contributed by atoms with E-state index in [1.807, 2.05) is 0 Å². The summed E-state index contributed by atoms with van der Waals surface area (Å²) in [4.78, 5) is 20.0. The Balaban J connectivity index is 1.88. The van der Waals surface area contributed by atoms with E-state index in [1.54, 1.807) is 48.7 Å². The lowest BCUT2D eigenvalue weighted by Crippen LogP contribution is -2.16. The Morgan fingerprint density at radius 3 is 2.64 bits per heavy atom. The number of ether oxygens (including phenoxy) is 1. The van der Waals surface area contributed by atoms with E-state index < -0.39 is 5.97 Å². The Morgan fingerprint density at radius 2 is 1.95 bits per heavy atom. The molecule has 114 valence electrons. The summed E-state index contributed by atoms with van der Waals surface area (Å²) < 4.78 is 5.35. The van der Waals surface area contributed by atoms with Crippen LogP contribution in [0, 0.1) is 0 Å². The number of benzene rings is 1. The second-order valence-corrected chi connectivity index (χ2v) is 4.44. The Hall–Kier alpha value is -2.60. The number of nitrogens with zero attached hydrogens (tertiary/aromatic N) is 2. The van der Waals surface area contributed by atoms with Gasteiger partial charge in [0.1, 0.15) is 6.61 Å². The van der Waals surface area contributed by atoms with Crippen molar-refractivity contribution in [1.82, 2.24) is 4.98 Å². The summed E-state index contributed by atoms with van der Waals surface area (Å²) in [5, 5.41) is 13.0. The van der Waals surface area contributed by atoms with Crippen LogP contribution in [0.4, 0.5) is 0 Å². The number of aromatic nitrogens is 1. The minimum absolute atomic E-state index is 0.0782. The van der Waals surface area contributed by atoms with E-state index in [4.69, 9.17) is 26.3 Å². The maximum Gasteiger partial charge on any atom is 0.358 e. The van der Waals surface area contributed by atoms with Crippen molar-refractivity contribution < 1.29 is 19.5 Å². The third-order valence-corrected chi connectivity index (χ3v) is 2.85. The first kappa shape index (κ1) is 15.8. The SMILES string of the molecule is O=C(O)/C(=N/OCCOc1cccnc1Cl)c1ccccc1. The predicted octanol–water partition coefficient (Wildman–Crippen LogP) is 2.62. The van der Waals surface area contributed by atoms with Crippen molar-refractivity contribution in [3.63, 3.8) is 0 Å². The highest BCUT2D eigenvalue weighted by Crippen LogP contribution is 2.19. The van der Waals surface area contributed by atoms with Crippen LogP contribution in [0.25, 0.3) is 0 Å². The topological polar surface area (TPSA) is 81.0 Å². The molecule has 0 aliphatic carbocycles. The van der Waals surface area contributed by atoms with Gasteiger partial charge in [-0.05, 0) is 12.1 Å². The van der Waals surface area contributed by atoms with Crippen molar-refractivity contribution in [1.29, 1.82) is 0 Å². The van der Waals surface area contributed by atoms with Gasteiger partial charge in [-0.2, -0.15) is 0 Å². The number of oxime groups is 1. The van der Waals surface area contributed by atoms with Gasteiger partial charge in [-0.25, -0.2) is 9.78 Å². The number of pyridine rings is 1. The molecule has 0 fully saturated rings. The number of carboxylic acids is 1. The number of aliphatic carboxylic acids is 1. The van der Waals surface area contributed by atoms with Gasteiger partial charge >= 0.3 is 5.97 Å². The zero-order valence-electron chi connectivity index (χ0n) is 11.5. The third-order valence-electron chi connectivity index (χ3n) is 2.56. The maximum absolute atomic E-state index is 11.2. The zero-order chi connectivity index (χ0) is 15.8. The van der Waals surface area contributed by atoms with Crippen LogP contribution in [0.3, 0.4) is 0 Å². The molecule has 6 nitrogen and oxygen atoms in total. The van der Waals surface area contributed by atoms with Crippen molar-refractivity contribution in [2.24, 2.45) is 5.16 Å². The fraction of sp³-hybridized carbons (Fsp3) is 0.133. The standard InChI is InChI=1S/C15H13ClN2O4/c16-14-12(7-4-8-17-14)21-9-10-22-18-13(15(19)20)11-5-2-1-3-6-11/h1-8H,9-10H2,(H,19,20)/b18-13+. The van der Waals surface area contributed by atoms with E-state index in [0.717, 1.165) is 0 Å². The van der Waals surface area contributed by atoms with Crippen LogP contribution in [0.15, 0.2) is 53.8 Å². The van der Waals surface area contributed by atoms with E-state index in [0.29, 0.717) is 11.3 Å². The van der Waals surface area contributed by atoms with Crippen molar-refractivity contribution >= 4 is 23.3 Å². The molecule has 0 aliphatic heterocycles. The summed E-state index contributed by atoms with van der Waals surface area (Å²) in [7, 11) is 0. The monoisotopic (exact) mass is 320 g/mol. The van der Waals surface area contributed by atoms with E-state index in [2.05, 4.69) is 10.1 Å². The Kier molecular flexibility index (Phi) is 5.73. The molecule has 0 spiro atoms. The molecule has 1 N–H and O–H groups in total. The molecule has 1 aromatic heterocycles. The van der Waals surface area contributed by atoms with Crippen LogP contribution in [-0.2, 0) is 9.63 Å². The zero-order valence-corrected chi connectivity index (χ0v) is 12.2. The van der Waals surface area contributed by atoms with Crippen LogP contribution in [0.5, 0.6) is 5.75 Å². The molecule has 2 aromatic rings. The Bertz CT molecular complexity index is 662. The number of hydrogen-bond acceptors (Lipinski definition) is 5. The van der Waals surface area contributed by atoms with Crippen LogP contribution in [0.1, 0.15) is 5.56 Å². The molecule has 0 amide bonds. The van der Waals surface area contributed by atoms with Gasteiger partial charge in [0.15, 0.2) is 23.2 Å². The molecule has 0 atom stereocenters. The van der Waals surface area contributed by atoms with Gasteiger partial charge < -0.3 is 14.7 Å². The van der Waals surface area contributed by atoms with Gasteiger partial charge in [0.2, 0.25) is 0 Å². The number of carboxylic acid groups (broad SMARTS) is 1. The summed E-state index contributed by atoms with van der Waals surface area (Å²) >= 11 is 5.83. The molecule has 0 unspecified atom stereocenters. The molecule has 0 saturated carbocycles. The van der Waals surface area contributed by atoms with Crippen LogP contribution >= 0.6 is 11.6 Å². The van der Waals surface area contributed by atoms with Gasteiger partial charge in [0.05, 0.1) is 0 Å². The predicted molar refractivity (Wildman–Crippen MR) is 81.3 cm³/mol.